The van der Waals surface area contributed by atoms with E-state index in [2.05, 4.69) is 0 Å². The van der Waals surface area contributed by atoms with Crippen molar-refractivity contribution in [1.29, 1.82) is 0 Å². The minimum atomic E-state index is -1.08. The minimum absolute atomic E-state index is 0.136. The smallest absolute Gasteiger partial charge is 0.331 e. The molecule has 4 heteroatoms. The molecule has 1 aromatic carbocycles. The topological polar surface area (TPSA) is 74.6 Å². The van der Waals surface area contributed by atoms with E-state index in [1.165, 1.54) is 19.1 Å². The maximum atomic E-state index is 10.8. The zero-order valence-electron chi connectivity index (χ0n) is 10.4. The highest BCUT2D eigenvalue weighted by molar-refractivity contribution is 5.87. The number of benzene rings is 1. The van der Waals surface area contributed by atoms with Crippen molar-refractivity contribution in [2.75, 3.05) is 0 Å². The summed E-state index contributed by atoms with van der Waals surface area (Å²) in [6, 6.07) is 9.25. The standard InChI is InChI=1S/C15H14O4/c1-11(15(18)19)9-13(7-8-14(16)17)10-12-5-3-2-4-6-12/h2-10H,1H3,(H,16,17)(H,18,19). The number of carboxylic acids is 2. The third-order valence-electron chi connectivity index (χ3n) is 2.27. The molecule has 4 nitrogen and oxygen atoms in total. The largest absolute Gasteiger partial charge is 0.478 e. The lowest BCUT2D eigenvalue weighted by Gasteiger charge is -1.98. The van der Waals surface area contributed by atoms with Crippen molar-refractivity contribution < 1.29 is 19.8 Å². The van der Waals surface area contributed by atoms with E-state index in [4.69, 9.17) is 10.2 Å². The number of aliphatic carboxylic acids is 2. The summed E-state index contributed by atoms with van der Waals surface area (Å²) in [4.78, 5) is 21.3. The summed E-state index contributed by atoms with van der Waals surface area (Å²) in [6.45, 7) is 1.45. The van der Waals surface area contributed by atoms with Crippen molar-refractivity contribution in [3.8, 4) is 0 Å². The van der Waals surface area contributed by atoms with Gasteiger partial charge in [0, 0.05) is 11.6 Å². The van der Waals surface area contributed by atoms with Crippen LogP contribution in [0.4, 0.5) is 0 Å². The van der Waals surface area contributed by atoms with Gasteiger partial charge in [0.15, 0.2) is 0 Å². The Bertz CT molecular complexity index is 551. The summed E-state index contributed by atoms with van der Waals surface area (Å²) in [5.74, 6) is -2.12. The number of hydrogen-bond donors (Lipinski definition) is 2. The molecule has 98 valence electrons. The van der Waals surface area contributed by atoms with E-state index in [1.54, 1.807) is 6.08 Å². The first kappa shape index (κ1) is 14.4. The molecule has 0 radical (unpaired) electrons. The molecule has 1 aromatic rings. The third-order valence-corrected chi connectivity index (χ3v) is 2.27. The normalized spacial score (nSPS) is 12.7. The second-order valence-electron chi connectivity index (χ2n) is 3.86. The van der Waals surface area contributed by atoms with Gasteiger partial charge in [-0.2, -0.15) is 0 Å². The molecule has 0 heterocycles. The van der Waals surface area contributed by atoms with E-state index in [0.29, 0.717) is 5.57 Å². The average Bonchev–Trinajstić information content (AvgIpc) is 2.37. The van der Waals surface area contributed by atoms with Gasteiger partial charge in [0.2, 0.25) is 0 Å². The van der Waals surface area contributed by atoms with E-state index in [1.807, 2.05) is 30.3 Å². The van der Waals surface area contributed by atoms with Crippen LogP contribution in [0.25, 0.3) is 6.08 Å². The SMILES string of the molecule is CC(=CC(C=CC(=O)O)=Cc1ccccc1)C(=O)O. The minimum Gasteiger partial charge on any atom is -0.478 e. The molecule has 0 aromatic heterocycles. The predicted octanol–water partition coefficient (Wildman–Crippen LogP) is 2.74. The summed E-state index contributed by atoms with van der Waals surface area (Å²) in [5, 5.41) is 17.5. The zero-order valence-corrected chi connectivity index (χ0v) is 10.4. The highest BCUT2D eigenvalue weighted by atomic mass is 16.4. The zero-order chi connectivity index (χ0) is 14.3. The summed E-state index contributed by atoms with van der Waals surface area (Å²) in [6.07, 6.45) is 5.48. The monoisotopic (exact) mass is 258 g/mol. The van der Waals surface area contributed by atoms with Crippen molar-refractivity contribution in [2.45, 2.75) is 6.92 Å². The number of carboxylic acid groups (broad SMARTS) is 2. The second-order valence-corrected chi connectivity index (χ2v) is 3.86. The Kier molecular flexibility index (Phi) is 5.29. The van der Waals surface area contributed by atoms with Gasteiger partial charge in [0.1, 0.15) is 0 Å². The average molecular weight is 258 g/mol. The maximum Gasteiger partial charge on any atom is 0.331 e. The Morgan fingerprint density at radius 1 is 1.05 bits per heavy atom. The maximum absolute atomic E-state index is 10.8. The first-order valence-electron chi connectivity index (χ1n) is 5.58. The van der Waals surface area contributed by atoms with Crippen LogP contribution in [0.1, 0.15) is 12.5 Å². The molecule has 0 amide bonds. The fourth-order valence-corrected chi connectivity index (χ4v) is 1.36. The Balaban J connectivity index is 3.13. The van der Waals surface area contributed by atoms with Crippen molar-refractivity contribution >= 4 is 18.0 Å². The van der Waals surface area contributed by atoms with Gasteiger partial charge in [0.05, 0.1) is 0 Å². The van der Waals surface area contributed by atoms with Crippen molar-refractivity contribution in [3.05, 3.63) is 65.3 Å². The predicted molar refractivity (Wildman–Crippen MR) is 72.6 cm³/mol. The van der Waals surface area contributed by atoms with Crippen molar-refractivity contribution in [1.82, 2.24) is 0 Å². The summed E-state index contributed by atoms with van der Waals surface area (Å²) in [7, 11) is 0. The number of rotatable bonds is 5. The molecule has 0 spiro atoms. The van der Waals surface area contributed by atoms with Gasteiger partial charge < -0.3 is 10.2 Å². The van der Waals surface area contributed by atoms with Gasteiger partial charge in [-0.25, -0.2) is 9.59 Å². The summed E-state index contributed by atoms with van der Waals surface area (Å²) in [5.41, 5.74) is 1.51. The highest BCUT2D eigenvalue weighted by Crippen LogP contribution is 2.11. The van der Waals surface area contributed by atoms with E-state index in [-0.39, 0.29) is 5.57 Å². The van der Waals surface area contributed by atoms with Crippen LogP contribution in [0.5, 0.6) is 0 Å². The molecule has 0 aliphatic carbocycles. The molecule has 1 rings (SSSR count). The van der Waals surface area contributed by atoms with Gasteiger partial charge in [-0.15, -0.1) is 0 Å². The van der Waals surface area contributed by atoms with Gasteiger partial charge in [-0.05, 0) is 36.3 Å². The molecule has 0 saturated carbocycles. The highest BCUT2D eigenvalue weighted by Gasteiger charge is 2.01. The molecular formula is C15H14O4. The molecule has 0 aliphatic rings. The molecule has 0 unspecified atom stereocenters. The van der Waals surface area contributed by atoms with Crippen LogP contribution in [0.2, 0.25) is 0 Å². The molecule has 0 saturated heterocycles. The van der Waals surface area contributed by atoms with Crippen LogP contribution in [0.3, 0.4) is 0 Å². The van der Waals surface area contributed by atoms with E-state index < -0.39 is 11.9 Å². The van der Waals surface area contributed by atoms with Crippen LogP contribution >= 0.6 is 0 Å². The Morgan fingerprint density at radius 3 is 2.21 bits per heavy atom. The molecule has 0 atom stereocenters. The quantitative estimate of drug-likeness (QED) is 0.629. The first-order valence-corrected chi connectivity index (χ1v) is 5.58. The molecular weight excluding hydrogens is 244 g/mol. The lowest BCUT2D eigenvalue weighted by atomic mass is 10.1. The molecule has 19 heavy (non-hydrogen) atoms. The van der Waals surface area contributed by atoms with Crippen LogP contribution < -0.4 is 0 Å². The van der Waals surface area contributed by atoms with Crippen LogP contribution in [-0.4, -0.2) is 22.2 Å². The summed E-state index contributed by atoms with van der Waals surface area (Å²) >= 11 is 0. The van der Waals surface area contributed by atoms with Crippen LogP contribution in [0.15, 0.2) is 59.7 Å². The van der Waals surface area contributed by atoms with Crippen molar-refractivity contribution in [3.63, 3.8) is 0 Å². The van der Waals surface area contributed by atoms with Crippen molar-refractivity contribution in [2.24, 2.45) is 0 Å². The summed E-state index contributed by atoms with van der Waals surface area (Å²) < 4.78 is 0. The number of allylic oxidation sites excluding steroid dienone is 3. The molecule has 0 bridgehead atoms. The second kappa shape index (κ2) is 6.96. The van der Waals surface area contributed by atoms with E-state index >= 15 is 0 Å². The first-order chi connectivity index (χ1) is 8.99. The van der Waals surface area contributed by atoms with Gasteiger partial charge in [-0.3, -0.25) is 0 Å². The molecule has 0 fully saturated rings. The van der Waals surface area contributed by atoms with E-state index in [0.717, 1.165) is 11.6 Å². The van der Waals surface area contributed by atoms with Crippen LogP contribution in [-0.2, 0) is 9.59 Å². The lowest BCUT2D eigenvalue weighted by Crippen LogP contribution is -1.96. The van der Waals surface area contributed by atoms with Gasteiger partial charge >= 0.3 is 11.9 Å². The van der Waals surface area contributed by atoms with Gasteiger partial charge in [0.25, 0.3) is 0 Å². The number of hydrogen-bond acceptors (Lipinski definition) is 2. The molecule has 0 aliphatic heterocycles. The third kappa shape index (κ3) is 5.50. The number of carbonyl (C=O) groups is 2. The fourth-order valence-electron chi connectivity index (χ4n) is 1.36. The van der Waals surface area contributed by atoms with Crippen LogP contribution in [0, 0.1) is 0 Å². The Labute approximate surface area is 111 Å². The molecule has 2 N–H and O–H groups in total. The van der Waals surface area contributed by atoms with Gasteiger partial charge in [-0.1, -0.05) is 30.3 Å². The Morgan fingerprint density at radius 2 is 1.68 bits per heavy atom. The lowest BCUT2D eigenvalue weighted by molar-refractivity contribution is -0.133. The fraction of sp³-hybridized carbons (Fsp3) is 0.0667. The Hall–Kier alpha value is -2.62. The van der Waals surface area contributed by atoms with E-state index in [9.17, 15) is 9.59 Å².